The van der Waals surface area contributed by atoms with Gasteiger partial charge < -0.3 is 10.8 Å². The first kappa shape index (κ1) is 13.1. The number of nitriles is 1. The Bertz CT molecular complexity index is 575. The van der Waals surface area contributed by atoms with Crippen molar-refractivity contribution in [3.63, 3.8) is 0 Å². The Hall–Kier alpha value is -2.95. The second kappa shape index (κ2) is 4.92. The van der Waals surface area contributed by atoms with Crippen LogP contribution in [0.1, 0.15) is 21.8 Å². The fourth-order valence-electron chi connectivity index (χ4n) is 1.37. The molecule has 0 aliphatic rings. The predicted molar refractivity (Wildman–Crippen MR) is 57.6 cm³/mol. The summed E-state index contributed by atoms with van der Waals surface area (Å²) < 4.78 is 0. The number of nitro groups is 1. The van der Waals surface area contributed by atoms with E-state index in [1.165, 1.54) is 6.07 Å². The third kappa shape index (κ3) is 2.41. The highest BCUT2D eigenvalue weighted by Gasteiger charge is 2.27. The van der Waals surface area contributed by atoms with Gasteiger partial charge in [0.2, 0.25) is 5.91 Å². The molecule has 0 saturated carbocycles. The van der Waals surface area contributed by atoms with Crippen molar-refractivity contribution in [2.45, 2.75) is 5.92 Å². The first-order valence-corrected chi connectivity index (χ1v) is 4.59. The van der Waals surface area contributed by atoms with E-state index < -0.39 is 28.4 Å². The molecule has 0 saturated heterocycles. The van der Waals surface area contributed by atoms with Gasteiger partial charge in [0.05, 0.1) is 22.1 Å². The molecule has 92 valence electrons. The molecular formula is C10H7N3O5. The highest BCUT2D eigenvalue weighted by molar-refractivity contribution is 5.90. The van der Waals surface area contributed by atoms with E-state index in [9.17, 15) is 19.7 Å². The van der Waals surface area contributed by atoms with Gasteiger partial charge in [-0.25, -0.2) is 4.79 Å². The van der Waals surface area contributed by atoms with Crippen LogP contribution in [0.2, 0.25) is 0 Å². The molecule has 0 bridgehead atoms. The van der Waals surface area contributed by atoms with Gasteiger partial charge in [-0.05, 0) is 12.1 Å². The van der Waals surface area contributed by atoms with Gasteiger partial charge in [-0.2, -0.15) is 5.26 Å². The monoisotopic (exact) mass is 249 g/mol. The number of amides is 1. The Morgan fingerprint density at radius 3 is 2.50 bits per heavy atom. The first-order chi connectivity index (χ1) is 8.38. The molecule has 8 heteroatoms. The average molecular weight is 249 g/mol. The number of carbonyl (C=O) groups is 2. The Labute approximate surface area is 100 Å². The van der Waals surface area contributed by atoms with Gasteiger partial charge in [0.15, 0.2) is 5.92 Å². The SMILES string of the molecule is N#CC(C(N)=O)c1ccc(C(=O)O)cc1[N+](=O)[O-]. The molecule has 0 fully saturated rings. The molecule has 0 heterocycles. The normalized spacial score (nSPS) is 11.3. The second-order valence-corrected chi connectivity index (χ2v) is 3.30. The molecule has 0 spiro atoms. The van der Waals surface area contributed by atoms with Crippen molar-refractivity contribution in [3.8, 4) is 6.07 Å². The van der Waals surface area contributed by atoms with Crippen LogP contribution in [0.3, 0.4) is 0 Å². The zero-order valence-electron chi connectivity index (χ0n) is 8.86. The third-order valence-electron chi connectivity index (χ3n) is 2.20. The van der Waals surface area contributed by atoms with E-state index in [0.717, 1.165) is 18.2 Å². The lowest BCUT2D eigenvalue weighted by Crippen LogP contribution is -2.21. The smallest absolute Gasteiger partial charge is 0.335 e. The summed E-state index contributed by atoms with van der Waals surface area (Å²) in [6.45, 7) is 0. The zero-order valence-corrected chi connectivity index (χ0v) is 8.86. The number of rotatable bonds is 4. The largest absolute Gasteiger partial charge is 0.478 e. The van der Waals surface area contributed by atoms with E-state index in [4.69, 9.17) is 16.1 Å². The maximum Gasteiger partial charge on any atom is 0.335 e. The van der Waals surface area contributed by atoms with Gasteiger partial charge in [0, 0.05) is 6.07 Å². The lowest BCUT2D eigenvalue weighted by atomic mass is 9.96. The van der Waals surface area contributed by atoms with E-state index in [2.05, 4.69) is 0 Å². The molecule has 1 rings (SSSR count). The van der Waals surface area contributed by atoms with Crippen LogP contribution >= 0.6 is 0 Å². The van der Waals surface area contributed by atoms with Crippen molar-refractivity contribution in [1.82, 2.24) is 0 Å². The zero-order chi connectivity index (χ0) is 13.9. The molecule has 0 radical (unpaired) electrons. The number of carboxylic acids is 1. The molecule has 1 aromatic rings. The number of carboxylic acid groups (broad SMARTS) is 1. The summed E-state index contributed by atoms with van der Waals surface area (Å²) in [7, 11) is 0. The molecule has 1 unspecified atom stereocenters. The number of carbonyl (C=O) groups excluding carboxylic acids is 1. The summed E-state index contributed by atoms with van der Waals surface area (Å²) in [6, 6.07) is 4.43. The van der Waals surface area contributed by atoms with E-state index in [0.29, 0.717) is 0 Å². The number of nitro benzene ring substituents is 1. The molecule has 8 nitrogen and oxygen atoms in total. The van der Waals surface area contributed by atoms with Crippen molar-refractivity contribution in [2.24, 2.45) is 5.73 Å². The van der Waals surface area contributed by atoms with Crippen molar-refractivity contribution < 1.29 is 19.6 Å². The van der Waals surface area contributed by atoms with Gasteiger partial charge in [0.25, 0.3) is 5.69 Å². The third-order valence-corrected chi connectivity index (χ3v) is 2.20. The average Bonchev–Trinajstić information content (AvgIpc) is 2.29. The van der Waals surface area contributed by atoms with Crippen LogP contribution in [0.5, 0.6) is 0 Å². The lowest BCUT2D eigenvalue weighted by Gasteiger charge is -2.06. The van der Waals surface area contributed by atoms with Crippen LogP contribution in [0.4, 0.5) is 5.69 Å². The quantitative estimate of drug-likeness (QED) is 0.582. The van der Waals surface area contributed by atoms with Crippen LogP contribution < -0.4 is 5.73 Å². The minimum Gasteiger partial charge on any atom is -0.478 e. The Morgan fingerprint density at radius 2 is 2.11 bits per heavy atom. The van der Waals surface area contributed by atoms with Gasteiger partial charge >= 0.3 is 5.97 Å². The molecule has 0 aromatic heterocycles. The molecule has 1 amide bonds. The van der Waals surface area contributed by atoms with Crippen molar-refractivity contribution >= 4 is 17.6 Å². The summed E-state index contributed by atoms with van der Waals surface area (Å²) in [5.41, 5.74) is 3.79. The van der Waals surface area contributed by atoms with Crippen molar-refractivity contribution in [1.29, 1.82) is 5.26 Å². The number of hydrogen-bond donors (Lipinski definition) is 2. The number of aromatic carboxylic acids is 1. The van der Waals surface area contributed by atoms with Gasteiger partial charge in [-0.1, -0.05) is 0 Å². The number of primary amides is 1. The Kier molecular flexibility index (Phi) is 3.59. The van der Waals surface area contributed by atoms with Crippen LogP contribution in [0, 0.1) is 21.4 Å². The fraction of sp³-hybridized carbons (Fsp3) is 0.100. The minimum atomic E-state index is -1.49. The van der Waals surface area contributed by atoms with Gasteiger partial charge in [-0.3, -0.25) is 14.9 Å². The molecule has 1 aromatic carbocycles. The van der Waals surface area contributed by atoms with Gasteiger partial charge in [0.1, 0.15) is 0 Å². The van der Waals surface area contributed by atoms with Crippen molar-refractivity contribution in [3.05, 3.63) is 39.4 Å². The summed E-state index contributed by atoms with van der Waals surface area (Å²) in [5, 5.41) is 28.2. The molecule has 1 atom stereocenters. The Balaban J connectivity index is 3.46. The number of hydrogen-bond acceptors (Lipinski definition) is 5. The van der Waals surface area contributed by atoms with Crippen LogP contribution in [0.15, 0.2) is 18.2 Å². The molecular weight excluding hydrogens is 242 g/mol. The number of benzene rings is 1. The summed E-state index contributed by atoms with van der Waals surface area (Å²) in [5.74, 6) is -3.88. The fourth-order valence-corrected chi connectivity index (χ4v) is 1.37. The topological polar surface area (TPSA) is 147 Å². The highest BCUT2D eigenvalue weighted by Crippen LogP contribution is 2.27. The van der Waals surface area contributed by atoms with Crippen LogP contribution in [-0.2, 0) is 4.79 Å². The molecule has 0 aliphatic heterocycles. The molecule has 3 N–H and O–H groups in total. The summed E-state index contributed by atoms with van der Waals surface area (Å²) >= 11 is 0. The van der Waals surface area contributed by atoms with Crippen LogP contribution in [-0.4, -0.2) is 21.9 Å². The van der Waals surface area contributed by atoms with Crippen molar-refractivity contribution in [2.75, 3.05) is 0 Å². The standard InChI is InChI=1S/C10H7N3O5/c11-4-7(9(12)14)6-2-1-5(10(15)16)3-8(6)13(17)18/h1-3,7H,(H2,12,14)(H,15,16). The first-order valence-electron chi connectivity index (χ1n) is 4.59. The van der Waals surface area contributed by atoms with E-state index in [1.807, 2.05) is 0 Å². The molecule has 18 heavy (non-hydrogen) atoms. The van der Waals surface area contributed by atoms with E-state index in [1.54, 1.807) is 0 Å². The minimum absolute atomic E-state index is 0.222. The maximum atomic E-state index is 11.0. The summed E-state index contributed by atoms with van der Waals surface area (Å²) in [6.07, 6.45) is 0. The number of nitrogens with two attached hydrogens (primary N) is 1. The van der Waals surface area contributed by atoms with E-state index >= 15 is 0 Å². The predicted octanol–water partition coefficient (Wildman–Crippen LogP) is 0.385. The van der Waals surface area contributed by atoms with Crippen LogP contribution in [0.25, 0.3) is 0 Å². The Morgan fingerprint density at radius 1 is 1.50 bits per heavy atom. The maximum absolute atomic E-state index is 11.0. The molecule has 0 aliphatic carbocycles. The lowest BCUT2D eigenvalue weighted by molar-refractivity contribution is -0.385. The summed E-state index contributed by atoms with van der Waals surface area (Å²) in [4.78, 5) is 31.6. The second-order valence-electron chi connectivity index (χ2n) is 3.30. The number of nitrogens with zero attached hydrogens (tertiary/aromatic N) is 2. The van der Waals surface area contributed by atoms with Gasteiger partial charge in [-0.15, -0.1) is 0 Å². The van der Waals surface area contributed by atoms with E-state index in [-0.39, 0.29) is 11.1 Å². The highest BCUT2D eigenvalue weighted by atomic mass is 16.6.